The molecule has 0 aromatic heterocycles. The van der Waals surface area contributed by atoms with Crippen LogP contribution in [-0.2, 0) is 94.4 Å². The molecule has 0 spiro atoms. The number of hydrogen-bond donors (Lipinski definition) is 11. The Hall–Kier alpha value is -9.67. The maximum Gasteiger partial charge on any atom is 0.408 e. The molecule has 2 aromatic carbocycles. The number of ether oxygens (including phenoxy) is 3. The van der Waals surface area contributed by atoms with E-state index in [1.807, 2.05) is 102 Å². The third kappa shape index (κ3) is 28.3. The minimum absolute atomic E-state index is 0.0577. The van der Waals surface area contributed by atoms with Crippen molar-refractivity contribution in [3.8, 4) is 0 Å². The lowest BCUT2D eigenvalue weighted by atomic mass is 9.83. The van der Waals surface area contributed by atoms with Gasteiger partial charge in [-0.2, -0.15) is 0 Å². The molecule has 0 bridgehead atoms. The van der Waals surface area contributed by atoms with Gasteiger partial charge >= 0.3 is 18.3 Å². The van der Waals surface area contributed by atoms with Crippen molar-refractivity contribution in [2.45, 2.75) is 314 Å². The number of Topliss-reactive ketones (excluding diaryl/α,β-unsaturated/α-hetero) is 3. The van der Waals surface area contributed by atoms with Crippen LogP contribution in [0, 0.1) is 69.5 Å². The number of carbonyl (C=O) groups excluding carboxylic acids is 17. The molecule has 9 fully saturated rings. The molecule has 11 N–H and O–H groups in total. The van der Waals surface area contributed by atoms with Gasteiger partial charge in [-0.3, -0.25) is 67.1 Å². The van der Waals surface area contributed by atoms with E-state index in [9.17, 15) is 81.5 Å². The van der Waals surface area contributed by atoms with Crippen LogP contribution in [0.3, 0.4) is 0 Å². The van der Waals surface area contributed by atoms with Crippen molar-refractivity contribution in [2.24, 2.45) is 69.5 Å². The van der Waals surface area contributed by atoms with Gasteiger partial charge in [0.05, 0.1) is 31.2 Å². The number of alkyl halides is 4. The Kier molecular flexibility index (Phi) is 38.3. The van der Waals surface area contributed by atoms with Crippen molar-refractivity contribution in [2.75, 3.05) is 39.3 Å². The molecular formula is C98H142Cl4N14O20. The molecular weight excluding hydrogens is 1830 g/mol. The third-order valence-electron chi connectivity index (χ3n) is 27.6. The molecule has 38 heteroatoms. The van der Waals surface area contributed by atoms with Crippen LogP contribution in [0.2, 0.25) is 0 Å². The minimum atomic E-state index is -1.26. The summed E-state index contributed by atoms with van der Waals surface area (Å²) >= 11 is 26.0. The Morgan fingerprint density at radius 2 is 0.801 bits per heavy atom. The van der Waals surface area contributed by atoms with Gasteiger partial charge in [0.25, 0.3) is 17.7 Å². The summed E-state index contributed by atoms with van der Waals surface area (Å²) in [7, 11) is 0. The standard InChI is InChI=1S/C36H53N5O7.C32H45Cl2N5O7.C30H44Cl2N4O6/c1-8-13-24(29(43)32(45)38-19-26(42)37-18-22-15-10-9-11-16-22)39-31(44)28-27-23(36(27,6)7)20-41(28)33(46)30(35(3,4)5)40-34(47)48-25-17-12-14-21(25)2;1-8-12-20(24(41)27(43)36-16-21(40)35-15-18-13-10-9-11-14-18)37-26(42)23-22-19(32(22,33)34)17-39(23)28(44)25(30(2,3)4)38-29(45)46-31(5,6)7;1-4-10-20(25(37)27(39)33-15-5-2)34-26(38)24-22-19(30(22,31)32)16-36(24)28(40)23(18-12-7-6-8-13-18)35-29(41)42-21-14-9-11-17(21)3/h9-11,15-16,21,23-25,27-28,30H,8,12-14,17-20H2,1-7H3,(H,37,42)(H,38,45)(H,39,44)(H,40,47);9-11,13-14,19-20,22-23,25H,8,12,15-17H2,1-7H3,(H,35,40)(H,36,43)(H,37,42)(H,38,45);5,17-24H,2,4,6-16H2,1,3H3,(H,33,39)(H,34,38)(H,35,41)/t21?,23-,24?,25?,27-,28-,30+;19-,20?,22-,23-,25+;17?,19-,20?,21?,22-,23-,24-/m000/s1. The number of ketones is 3. The Morgan fingerprint density at radius 3 is 1.16 bits per heavy atom. The summed E-state index contributed by atoms with van der Waals surface area (Å²) in [5.74, 6) is -11.0. The van der Waals surface area contributed by atoms with Crippen LogP contribution in [0.4, 0.5) is 14.4 Å². The zero-order valence-electron chi connectivity index (χ0n) is 81.3. The molecule has 3 aliphatic heterocycles. The number of alkyl carbamates (subject to hydrolysis) is 3. The molecule has 3 saturated heterocycles. The second-order valence-corrected chi connectivity index (χ2v) is 44.4. The lowest BCUT2D eigenvalue weighted by Crippen LogP contribution is -2.61. The van der Waals surface area contributed by atoms with E-state index in [1.165, 1.54) is 20.8 Å². The highest BCUT2D eigenvalue weighted by atomic mass is 35.5. The predicted molar refractivity (Wildman–Crippen MR) is 510 cm³/mol. The molecule has 14 amide bonds. The van der Waals surface area contributed by atoms with Gasteiger partial charge in [-0.05, 0) is 148 Å². The van der Waals surface area contributed by atoms with Gasteiger partial charge in [0.2, 0.25) is 64.6 Å². The van der Waals surface area contributed by atoms with E-state index in [0.717, 1.165) is 81.8 Å². The Balaban J connectivity index is 0.000000229. The van der Waals surface area contributed by atoms with Gasteiger partial charge in [-0.15, -0.1) is 53.0 Å². The second-order valence-electron chi connectivity index (χ2n) is 41.5. The van der Waals surface area contributed by atoms with Crippen molar-refractivity contribution in [1.82, 2.24) is 73.2 Å². The fraction of sp³-hybridized carbons (Fsp3) is 0.684. The van der Waals surface area contributed by atoms with Crippen molar-refractivity contribution in [3.63, 3.8) is 0 Å². The average Bonchev–Trinajstić information content (AvgIpc) is 1.53. The number of carbonyl (C=O) groups is 17. The monoisotopic (exact) mass is 1970 g/mol. The van der Waals surface area contributed by atoms with E-state index in [-0.39, 0.29) is 117 Å². The van der Waals surface area contributed by atoms with Crippen LogP contribution >= 0.6 is 46.4 Å². The Bertz CT molecular complexity index is 4670. The largest absolute Gasteiger partial charge is 0.446 e. The molecule has 3 heterocycles. The first-order chi connectivity index (χ1) is 63.8. The van der Waals surface area contributed by atoms with Crippen LogP contribution < -0.4 is 58.5 Å². The molecule has 9 aliphatic rings. The SMILES string of the molecule is C=CCNC(=O)C(=O)C(CCC)NC(=O)[C@@H]1[C@@H]2[C@H](CN1C(=O)[C@@H](NC(=O)OC1CCCC1C)C1CCCCC1)C2(Cl)Cl.CCCC(NC(=O)[C@@H]1[C@@H]2[C@H](CN1C(=O)[C@@H](NC(=O)OC(C)(C)C)C(C)(C)C)C2(Cl)Cl)C(=O)C(=O)NCC(=O)NCc1ccccc1.CCCC(NC(=O)[C@@H]1[C@@H]2[C@H](CN1C(=O)[C@@H](NC(=O)OC1CCCC1C)C(C)(C)C)C2(C)C)C(=O)C(=O)NCC(=O)NCc1ccccc1. The molecule has 19 atom stereocenters. The first-order valence-corrected chi connectivity index (χ1v) is 49.6. The molecule has 0 radical (unpaired) electrons. The summed E-state index contributed by atoms with van der Waals surface area (Å²) in [6.07, 6.45) is 11.1. The summed E-state index contributed by atoms with van der Waals surface area (Å²) < 4.78 is 14.3. The number of amides is 14. The van der Waals surface area contributed by atoms with E-state index in [1.54, 1.807) is 48.5 Å². The molecule has 2 aromatic rings. The van der Waals surface area contributed by atoms with E-state index < -0.39 is 199 Å². The van der Waals surface area contributed by atoms with Crippen molar-refractivity contribution < 1.29 is 95.7 Å². The zero-order chi connectivity index (χ0) is 101. The summed E-state index contributed by atoms with van der Waals surface area (Å²) in [5.41, 5.74) is -0.699. The number of benzene rings is 2. The predicted octanol–water partition coefficient (Wildman–Crippen LogP) is 9.57. The average molecular weight is 1980 g/mol. The topological polar surface area (TPSA) is 460 Å². The zero-order valence-corrected chi connectivity index (χ0v) is 84.3. The number of fused-ring (bicyclic) bond motifs is 3. The van der Waals surface area contributed by atoms with Crippen molar-refractivity contribution in [3.05, 3.63) is 84.4 Å². The first kappa shape index (κ1) is 110. The maximum atomic E-state index is 14.2. The van der Waals surface area contributed by atoms with Crippen LogP contribution in [0.15, 0.2) is 73.3 Å². The van der Waals surface area contributed by atoms with Crippen LogP contribution in [0.25, 0.3) is 0 Å². The van der Waals surface area contributed by atoms with E-state index >= 15 is 0 Å². The van der Waals surface area contributed by atoms with Gasteiger partial charge in [-0.25, -0.2) is 14.4 Å². The number of nitrogens with zero attached hydrogens (tertiary/aromatic N) is 3. The number of nitrogens with one attached hydrogen (secondary N) is 11. The molecule has 34 nitrogen and oxygen atoms in total. The quantitative estimate of drug-likeness (QED) is 0.0130. The third-order valence-corrected chi connectivity index (χ3v) is 29.7. The minimum Gasteiger partial charge on any atom is -0.446 e. The maximum absolute atomic E-state index is 14.2. The molecule has 6 saturated carbocycles. The van der Waals surface area contributed by atoms with Crippen LogP contribution in [0.5, 0.6) is 0 Å². The number of likely N-dealkylation sites (tertiary alicyclic amines) is 3. The van der Waals surface area contributed by atoms with Gasteiger partial charge in [0, 0.05) is 62.9 Å². The van der Waals surface area contributed by atoms with Crippen LogP contribution in [-0.4, -0.2) is 235 Å². The summed E-state index contributed by atoms with van der Waals surface area (Å²) in [6.45, 7) is 33.5. The highest BCUT2D eigenvalue weighted by molar-refractivity contribution is 6.52. The fourth-order valence-electron chi connectivity index (χ4n) is 19.7. The lowest BCUT2D eigenvalue weighted by molar-refractivity contribution is -0.145. The van der Waals surface area contributed by atoms with Gasteiger partial charge < -0.3 is 87.4 Å². The Morgan fingerprint density at radius 1 is 0.441 bits per heavy atom. The van der Waals surface area contributed by atoms with Crippen molar-refractivity contribution in [1.29, 1.82) is 0 Å². The van der Waals surface area contributed by atoms with E-state index in [2.05, 4.69) is 85.8 Å². The van der Waals surface area contributed by atoms with Gasteiger partial charge in [0.15, 0.2) is 0 Å². The highest BCUT2D eigenvalue weighted by Gasteiger charge is 2.76. The lowest BCUT2D eigenvalue weighted by Gasteiger charge is -2.38. The van der Waals surface area contributed by atoms with E-state index in [4.69, 9.17) is 60.6 Å². The molecule has 752 valence electrons. The number of halogens is 4. The fourth-order valence-corrected chi connectivity index (χ4v) is 21.4. The van der Waals surface area contributed by atoms with Crippen LogP contribution in [0.1, 0.15) is 231 Å². The van der Waals surface area contributed by atoms with Crippen molar-refractivity contribution >= 4 is 147 Å². The first-order valence-electron chi connectivity index (χ1n) is 48.0. The second kappa shape index (κ2) is 47.3. The molecule has 11 rings (SSSR count). The summed E-state index contributed by atoms with van der Waals surface area (Å²) in [4.78, 5) is 229. The van der Waals surface area contributed by atoms with Gasteiger partial charge in [-0.1, -0.05) is 195 Å². The number of rotatable bonds is 37. The smallest absolute Gasteiger partial charge is 0.408 e. The summed E-state index contributed by atoms with van der Waals surface area (Å²) in [5, 5.41) is 28.9. The molecule has 7 unspecified atom stereocenters. The molecule has 136 heavy (non-hydrogen) atoms. The molecule has 6 aliphatic carbocycles. The summed E-state index contributed by atoms with van der Waals surface area (Å²) in [6, 6.07) is 9.08. The highest BCUT2D eigenvalue weighted by Crippen LogP contribution is 2.67. The number of piperidine rings is 3. The normalized spacial score (nSPS) is 25.2. The van der Waals surface area contributed by atoms with E-state index in [0.29, 0.717) is 25.8 Å². The van der Waals surface area contributed by atoms with Gasteiger partial charge in [0.1, 0.15) is 62.7 Å². The number of hydrogen-bond acceptors (Lipinski definition) is 20. The Labute approximate surface area is 818 Å².